The Morgan fingerprint density at radius 3 is 2.44 bits per heavy atom. The van der Waals surface area contributed by atoms with E-state index >= 15 is 0 Å². The third-order valence-corrected chi connectivity index (χ3v) is 6.28. The lowest BCUT2D eigenvalue weighted by Crippen LogP contribution is -2.32. The molecule has 1 unspecified atom stereocenters. The lowest BCUT2D eigenvalue weighted by Gasteiger charge is -2.26. The topological polar surface area (TPSA) is 79.3 Å². The fourth-order valence-corrected chi connectivity index (χ4v) is 4.24. The Morgan fingerprint density at radius 2 is 1.82 bits per heavy atom. The Morgan fingerprint density at radius 1 is 1.09 bits per heavy atom. The maximum Gasteiger partial charge on any atom is 0.295 e. The highest BCUT2D eigenvalue weighted by Gasteiger charge is 2.46. The summed E-state index contributed by atoms with van der Waals surface area (Å²) in [7, 11) is 5.39. The van der Waals surface area contributed by atoms with E-state index < -0.39 is 17.7 Å². The van der Waals surface area contributed by atoms with E-state index in [-0.39, 0.29) is 16.4 Å². The van der Waals surface area contributed by atoms with E-state index in [9.17, 15) is 14.7 Å². The second-order valence-electron chi connectivity index (χ2n) is 8.12. The number of aliphatic hydroxyl groups excluding tert-OH is 1. The summed E-state index contributed by atoms with van der Waals surface area (Å²) in [5.41, 5.74) is 0.897. The maximum absolute atomic E-state index is 13.2. The van der Waals surface area contributed by atoms with E-state index in [4.69, 9.17) is 32.7 Å². The third-order valence-electron chi connectivity index (χ3n) is 5.54. The van der Waals surface area contributed by atoms with Gasteiger partial charge in [-0.1, -0.05) is 29.3 Å². The van der Waals surface area contributed by atoms with Gasteiger partial charge < -0.3 is 24.4 Å². The van der Waals surface area contributed by atoms with Crippen LogP contribution in [0.2, 0.25) is 10.0 Å². The van der Waals surface area contributed by atoms with Gasteiger partial charge in [0.25, 0.3) is 11.7 Å². The molecule has 1 amide bonds. The molecule has 182 valence electrons. The molecule has 1 saturated heterocycles. The van der Waals surface area contributed by atoms with Crippen LogP contribution in [0.15, 0.2) is 42.0 Å². The lowest BCUT2D eigenvalue weighted by molar-refractivity contribution is -0.139. The number of carbonyl (C=O) groups is 2. The van der Waals surface area contributed by atoms with Crippen LogP contribution in [0.3, 0.4) is 0 Å². The number of Topliss-reactive ketones (excluding diaryl/α,β-unsaturated/α-hetero) is 1. The van der Waals surface area contributed by atoms with Crippen molar-refractivity contribution in [2.75, 3.05) is 40.9 Å². The summed E-state index contributed by atoms with van der Waals surface area (Å²) in [6, 6.07) is 8.97. The van der Waals surface area contributed by atoms with Gasteiger partial charge in [-0.15, -0.1) is 0 Å². The average molecular weight is 507 g/mol. The van der Waals surface area contributed by atoms with Gasteiger partial charge in [0.2, 0.25) is 0 Å². The highest BCUT2D eigenvalue weighted by atomic mass is 35.5. The van der Waals surface area contributed by atoms with E-state index in [2.05, 4.69) is 0 Å². The van der Waals surface area contributed by atoms with Gasteiger partial charge in [0.1, 0.15) is 5.76 Å². The number of nitrogens with zero attached hydrogens (tertiary/aromatic N) is 2. The molecule has 0 bridgehead atoms. The van der Waals surface area contributed by atoms with Gasteiger partial charge in [0, 0.05) is 12.1 Å². The number of ether oxygens (including phenoxy) is 2. The van der Waals surface area contributed by atoms with Gasteiger partial charge in [-0.3, -0.25) is 9.59 Å². The number of halogens is 2. The van der Waals surface area contributed by atoms with Crippen molar-refractivity contribution in [1.29, 1.82) is 0 Å². The number of benzene rings is 2. The second-order valence-corrected chi connectivity index (χ2v) is 8.94. The van der Waals surface area contributed by atoms with Gasteiger partial charge in [0.15, 0.2) is 11.5 Å². The Balaban J connectivity index is 2.15. The quantitative estimate of drug-likeness (QED) is 0.299. The molecule has 1 aliphatic rings. The highest BCUT2D eigenvalue weighted by Crippen LogP contribution is 2.42. The van der Waals surface area contributed by atoms with Crippen LogP contribution < -0.4 is 9.47 Å². The number of hydrogen-bond donors (Lipinski definition) is 1. The van der Waals surface area contributed by atoms with Crippen molar-refractivity contribution in [3.8, 4) is 11.5 Å². The predicted octanol–water partition coefficient (Wildman–Crippen LogP) is 4.77. The molecule has 3 rings (SSSR count). The Labute approximate surface area is 209 Å². The number of rotatable bonds is 9. The number of ketones is 1. The molecule has 9 heteroatoms. The first-order valence-corrected chi connectivity index (χ1v) is 11.6. The lowest BCUT2D eigenvalue weighted by atomic mass is 9.95. The van der Waals surface area contributed by atoms with Crippen molar-refractivity contribution in [2.24, 2.45) is 0 Å². The summed E-state index contributed by atoms with van der Waals surface area (Å²) in [5.74, 6) is -0.732. The van der Waals surface area contributed by atoms with Gasteiger partial charge in [-0.2, -0.15) is 0 Å². The van der Waals surface area contributed by atoms with Crippen LogP contribution in [0.1, 0.15) is 30.5 Å². The maximum atomic E-state index is 13.2. The highest BCUT2D eigenvalue weighted by molar-refractivity contribution is 6.46. The summed E-state index contributed by atoms with van der Waals surface area (Å²) in [6.07, 6.45) is 0.650. The van der Waals surface area contributed by atoms with E-state index in [0.29, 0.717) is 47.2 Å². The zero-order valence-corrected chi connectivity index (χ0v) is 21.1. The molecule has 1 aliphatic heterocycles. The van der Waals surface area contributed by atoms with E-state index in [1.807, 2.05) is 25.9 Å². The Hall–Kier alpha value is -2.74. The molecule has 34 heavy (non-hydrogen) atoms. The standard InChI is InChI=1S/C25H28Cl2N2O5/c1-5-34-19-10-8-15(14-20(19)33-4)22-21(23(30)16-7-9-17(26)18(27)13-16)24(31)25(32)29(22)12-6-11-28(2)3/h7-10,13-14,22,30H,5-6,11-12H2,1-4H3/b23-21-. The summed E-state index contributed by atoms with van der Waals surface area (Å²) < 4.78 is 11.1. The fourth-order valence-electron chi connectivity index (χ4n) is 3.94. The average Bonchev–Trinajstić information content (AvgIpc) is 3.05. The molecular formula is C25H28Cl2N2O5. The van der Waals surface area contributed by atoms with Crippen LogP contribution in [-0.4, -0.2) is 67.5 Å². The van der Waals surface area contributed by atoms with Crippen molar-refractivity contribution in [3.05, 3.63) is 63.1 Å². The molecule has 0 spiro atoms. The second kappa shape index (κ2) is 11.1. The summed E-state index contributed by atoms with van der Waals surface area (Å²) in [6.45, 7) is 3.39. The molecule has 7 nitrogen and oxygen atoms in total. The summed E-state index contributed by atoms with van der Waals surface area (Å²) >= 11 is 12.1. The molecule has 1 heterocycles. The largest absolute Gasteiger partial charge is 0.507 e. The molecule has 2 aromatic carbocycles. The molecule has 0 saturated carbocycles. The summed E-state index contributed by atoms with van der Waals surface area (Å²) in [4.78, 5) is 29.7. The molecule has 1 atom stereocenters. The Bertz CT molecular complexity index is 1120. The van der Waals surface area contributed by atoms with E-state index in [1.54, 1.807) is 24.3 Å². The van der Waals surface area contributed by atoms with Crippen molar-refractivity contribution < 1.29 is 24.2 Å². The zero-order chi connectivity index (χ0) is 25.0. The number of aliphatic hydroxyl groups is 1. The van der Waals surface area contributed by atoms with Crippen LogP contribution in [0.4, 0.5) is 0 Å². The number of amides is 1. The minimum absolute atomic E-state index is 0.0144. The van der Waals surface area contributed by atoms with E-state index in [1.165, 1.54) is 24.1 Å². The number of methoxy groups -OCH3 is 1. The normalized spacial score (nSPS) is 17.5. The number of carbonyl (C=O) groups excluding carboxylic acids is 2. The first-order valence-electron chi connectivity index (χ1n) is 10.9. The number of likely N-dealkylation sites (tertiary alicyclic amines) is 1. The van der Waals surface area contributed by atoms with Crippen LogP contribution >= 0.6 is 23.2 Å². The van der Waals surface area contributed by atoms with Crippen molar-refractivity contribution in [2.45, 2.75) is 19.4 Å². The molecule has 1 N–H and O–H groups in total. The van der Waals surface area contributed by atoms with Gasteiger partial charge >= 0.3 is 0 Å². The van der Waals surface area contributed by atoms with Crippen LogP contribution in [0, 0.1) is 0 Å². The fraction of sp³-hybridized carbons (Fsp3) is 0.360. The van der Waals surface area contributed by atoms with Crippen molar-refractivity contribution >= 4 is 40.7 Å². The first-order chi connectivity index (χ1) is 16.2. The van der Waals surface area contributed by atoms with Crippen LogP contribution in [0.25, 0.3) is 5.76 Å². The molecule has 2 aromatic rings. The number of hydrogen-bond acceptors (Lipinski definition) is 6. The molecular weight excluding hydrogens is 479 g/mol. The van der Waals surface area contributed by atoms with Gasteiger partial charge in [-0.25, -0.2) is 0 Å². The third kappa shape index (κ3) is 5.32. The molecule has 0 aliphatic carbocycles. The zero-order valence-electron chi connectivity index (χ0n) is 19.6. The van der Waals surface area contributed by atoms with E-state index in [0.717, 1.165) is 6.54 Å². The minimum Gasteiger partial charge on any atom is -0.507 e. The SMILES string of the molecule is CCOc1ccc(C2/C(=C(/O)c3ccc(Cl)c(Cl)c3)C(=O)C(=O)N2CCCN(C)C)cc1OC. The molecule has 1 fully saturated rings. The van der Waals surface area contributed by atoms with Gasteiger partial charge in [-0.05, 0) is 69.9 Å². The molecule has 0 aromatic heterocycles. The predicted molar refractivity (Wildman–Crippen MR) is 133 cm³/mol. The summed E-state index contributed by atoms with van der Waals surface area (Å²) in [5, 5.41) is 11.7. The van der Waals surface area contributed by atoms with Crippen LogP contribution in [0.5, 0.6) is 11.5 Å². The Kier molecular flexibility index (Phi) is 8.47. The van der Waals surface area contributed by atoms with Crippen molar-refractivity contribution in [3.63, 3.8) is 0 Å². The van der Waals surface area contributed by atoms with Crippen LogP contribution in [-0.2, 0) is 9.59 Å². The molecule has 0 radical (unpaired) electrons. The minimum atomic E-state index is -0.804. The van der Waals surface area contributed by atoms with Crippen molar-refractivity contribution in [1.82, 2.24) is 9.80 Å². The monoisotopic (exact) mass is 506 g/mol. The first kappa shape index (κ1) is 25.9. The smallest absolute Gasteiger partial charge is 0.295 e. The van der Waals surface area contributed by atoms with Gasteiger partial charge in [0.05, 0.1) is 35.4 Å².